The van der Waals surface area contributed by atoms with Crippen molar-refractivity contribution in [2.45, 2.75) is 24.7 Å². The predicted molar refractivity (Wildman–Crippen MR) is 123 cm³/mol. The summed E-state index contributed by atoms with van der Waals surface area (Å²) in [5, 5.41) is 14.3. The molecule has 0 spiro atoms. The minimum absolute atomic E-state index is 0.0431. The maximum Gasteiger partial charge on any atom is 0.230 e. The number of carbonyl (C=O) groups is 1. The van der Waals surface area contributed by atoms with Crippen molar-refractivity contribution in [1.29, 1.82) is 0 Å². The monoisotopic (exact) mass is 432 g/mol. The molecule has 4 rings (SSSR count). The van der Waals surface area contributed by atoms with Crippen molar-refractivity contribution in [2.24, 2.45) is 7.05 Å². The molecule has 1 N–H and O–H groups in total. The lowest BCUT2D eigenvalue weighted by Gasteiger charge is -2.14. The summed E-state index contributed by atoms with van der Waals surface area (Å²) in [7, 11) is 1.88. The molecule has 1 heterocycles. The van der Waals surface area contributed by atoms with Crippen LogP contribution < -0.4 is 10.1 Å². The van der Waals surface area contributed by atoms with E-state index in [1.54, 1.807) is 0 Å². The molecule has 1 amide bonds. The van der Waals surface area contributed by atoms with E-state index in [1.165, 1.54) is 11.8 Å². The lowest BCUT2D eigenvalue weighted by molar-refractivity contribution is -0.119. The number of rotatable bonds is 8. The Bertz CT molecular complexity index is 1170. The van der Waals surface area contributed by atoms with Crippen LogP contribution in [0.3, 0.4) is 0 Å². The molecule has 7 heteroatoms. The number of amides is 1. The standard InChI is InChI=1S/C24H24N4O2S/c1-17(18-9-4-3-5-10-18)25-23(29)16-31-24-27-26-22(28(24)2)15-30-21-14-8-12-19-11-6-7-13-20(19)21/h3-14,17H,15-16H2,1-2H3,(H,25,29)/t17-/m1/s1. The first-order chi connectivity index (χ1) is 15.1. The Morgan fingerprint density at radius 1 is 1.03 bits per heavy atom. The minimum atomic E-state index is -0.0436. The van der Waals surface area contributed by atoms with E-state index in [0.717, 1.165) is 22.1 Å². The zero-order valence-corrected chi connectivity index (χ0v) is 18.3. The normalized spacial score (nSPS) is 11.9. The molecule has 0 aliphatic heterocycles. The van der Waals surface area contributed by atoms with Gasteiger partial charge in [0.15, 0.2) is 11.0 Å². The molecule has 0 saturated heterocycles. The molecule has 0 aliphatic rings. The largest absolute Gasteiger partial charge is 0.485 e. The number of carbonyl (C=O) groups excluding carboxylic acids is 1. The fraction of sp³-hybridized carbons (Fsp3) is 0.208. The molecule has 1 aromatic heterocycles. The van der Waals surface area contributed by atoms with Gasteiger partial charge in [-0.05, 0) is 23.9 Å². The Balaban J connectivity index is 1.33. The van der Waals surface area contributed by atoms with Crippen LogP contribution in [0.5, 0.6) is 5.75 Å². The maximum atomic E-state index is 12.3. The first-order valence-corrected chi connectivity index (χ1v) is 11.1. The van der Waals surface area contributed by atoms with Crippen molar-refractivity contribution < 1.29 is 9.53 Å². The number of thioether (sulfide) groups is 1. The van der Waals surface area contributed by atoms with Gasteiger partial charge in [0.25, 0.3) is 0 Å². The molecule has 0 radical (unpaired) electrons. The van der Waals surface area contributed by atoms with Gasteiger partial charge in [0.2, 0.25) is 5.91 Å². The van der Waals surface area contributed by atoms with Crippen molar-refractivity contribution in [3.63, 3.8) is 0 Å². The second-order valence-corrected chi connectivity index (χ2v) is 8.15. The molecule has 3 aromatic carbocycles. The zero-order chi connectivity index (χ0) is 21.6. The average Bonchev–Trinajstić information content (AvgIpc) is 3.16. The van der Waals surface area contributed by atoms with Gasteiger partial charge in [-0.2, -0.15) is 0 Å². The highest BCUT2D eigenvalue weighted by Crippen LogP contribution is 2.26. The number of hydrogen-bond donors (Lipinski definition) is 1. The molecular weight excluding hydrogens is 408 g/mol. The van der Waals surface area contributed by atoms with E-state index < -0.39 is 0 Å². The summed E-state index contributed by atoms with van der Waals surface area (Å²) in [5.41, 5.74) is 1.08. The first-order valence-electron chi connectivity index (χ1n) is 10.1. The van der Waals surface area contributed by atoms with Crippen molar-refractivity contribution in [3.8, 4) is 5.75 Å². The quantitative estimate of drug-likeness (QED) is 0.415. The van der Waals surface area contributed by atoms with E-state index in [4.69, 9.17) is 4.74 Å². The molecule has 0 unspecified atom stereocenters. The smallest absolute Gasteiger partial charge is 0.230 e. The second-order valence-electron chi connectivity index (χ2n) is 7.21. The van der Waals surface area contributed by atoms with Crippen LogP contribution in [-0.2, 0) is 18.4 Å². The van der Waals surface area contributed by atoms with Gasteiger partial charge < -0.3 is 14.6 Å². The number of fused-ring (bicyclic) bond motifs is 1. The Labute approximate surface area is 185 Å². The number of hydrogen-bond acceptors (Lipinski definition) is 5. The van der Waals surface area contributed by atoms with E-state index in [1.807, 2.05) is 79.2 Å². The highest BCUT2D eigenvalue weighted by molar-refractivity contribution is 7.99. The minimum Gasteiger partial charge on any atom is -0.485 e. The van der Waals surface area contributed by atoms with Gasteiger partial charge in [0, 0.05) is 12.4 Å². The van der Waals surface area contributed by atoms with Gasteiger partial charge >= 0.3 is 0 Å². The molecule has 6 nitrogen and oxygen atoms in total. The summed E-state index contributed by atoms with van der Waals surface area (Å²) < 4.78 is 7.88. The van der Waals surface area contributed by atoms with Gasteiger partial charge in [-0.3, -0.25) is 4.79 Å². The van der Waals surface area contributed by atoms with Crippen LogP contribution in [0.4, 0.5) is 0 Å². The average molecular weight is 433 g/mol. The Morgan fingerprint density at radius 2 is 1.77 bits per heavy atom. The summed E-state index contributed by atoms with van der Waals surface area (Å²) in [4.78, 5) is 12.3. The molecule has 0 saturated carbocycles. The molecule has 0 aliphatic carbocycles. The van der Waals surface area contributed by atoms with Crippen LogP contribution in [0.25, 0.3) is 10.8 Å². The van der Waals surface area contributed by atoms with Crippen LogP contribution in [0.15, 0.2) is 78.0 Å². The van der Waals surface area contributed by atoms with Crippen molar-refractivity contribution in [1.82, 2.24) is 20.1 Å². The number of benzene rings is 3. The summed E-state index contributed by atoms with van der Waals surface area (Å²) in [5.74, 6) is 1.74. The van der Waals surface area contributed by atoms with Crippen LogP contribution in [0, 0.1) is 0 Å². The molecule has 4 aromatic rings. The van der Waals surface area contributed by atoms with E-state index in [0.29, 0.717) is 17.6 Å². The number of aromatic nitrogens is 3. The summed E-state index contributed by atoms with van der Waals surface area (Å²) >= 11 is 1.36. The van der Waals surface area contributed by atoms with E-state index in [9.17, 15) is 4.79 Å². The van der Waals surface area contributed by atoms with Crippen LogP contribution in [0.2, 0.25) is 0 Å². The third-order valence-corrected chi connectivity index (χ3v) is 6.06. The SMILES string of the molecule is C[C@@H](NC(=O)CSc1nnc(COc2cccc3ccccc23)n1C)c1ccccc1. The van der Waals surface area contributed by atoms with Gasteiger partial charge in [0.1, 0.15) is 12.4 Å². The third kappa shape index (κ3) is 5.06. The fourth-order valence-corrected chi connectivity index (χ4v) is 4.04. The first kappa shape index (κ1) is 20.9. The van der Waals surface area contributed by atoms with Gasteiger partial charge in [-0.25, -0.2) is 0 Å². The maximum absolute atomic E-state index is 12.3. The molecule has 0 fully saturated rings. The van der Waals surface area contributed by atoms with Crippen LogP contribution in [0.1, 0.15) is 24.4 Å². The lowest BCUT2D eigenvalue weighted by Crippen LogP contribution is -2.28. The molecule has 158 valence electrons. The van der Waals surface area contributed by atoms with Crippen molar-refractivity contribution in [2.75, 3.05) is 5.75 Å². The second kappa shape index (κ2) is 9.66. The predicted octanol–water partition coefficient (Wildman–Crippen LogP) is 4.52. The summed E-state index contributed by atoms with van der Waals surface area (Å²) in [6.45, 7) is 2.28. The van der Waals surface area contributed by atoms with Gasteiger partial charge in [-0.1, -0.05) is 78.5 Å². The molecule has 1 atom stereocenters. The number of nitrogens with one attached hydrogen (secondary N) is 1. The number of ether oxygens (including phenoxy) is 1. The Kier molecular flexibility index (Phi) is 6.52. The van der Waals surface area contributed by atoms with E-state index in [-0.39, 0.29) is 17.7 Å². The Morgan fingerprint density at radius 3 is 2.61 bits per heavy atom. The fourth-order valence-electron chi connectivity index (χ4n) is 3.30. The lowest BCUT2D eigenvalue weighted by atomic mass is 10.1. The molecule has 0 bridgehead atoms. The molecule has 31 heavy (non-hydrogen) atoms. The summed E-state index contributed by atoms with van der Waals surface area (Å²) in [6.07, 6.45) is 0. The highest BCUT2D eigenvalue weighted by atomic mass is 32.2. The van der Waals surface area contributed by atoms with Gasteiger partial charge in [-0.15, -0.1) is 10.2 Å². The van der Waals surface area contributed by atoms with E-state index >= 15 is 0 Å². The molecular formula is C24H24N4O2S. The Hall–Kier alpha value is -3.32. The van der Waals surface area contributed by atoms with E-state index in [2.05, 4.69) is 27.6 Å². The third-order valence-electron chi connectivity index (χ3n) is 5.04. The summed E-state index contributed by atoms with van der Waals surface area (Å²) in [6, 6.07) is 23.9. The zero-order valence-electron chi connectivity index (χ0n) is 17.5. The topological polar surface area (TPSA) is 69.0 Å². The van der Waals surface area contributed by atoms with Gasteiger partial charge in [0.05, 0.1) is 11.8 Å². The highest BCUT2D eigenvalue weighted by Gasteiger charge is 2.14. The van der Waals surface area contributed by atoms with Crippen molar-refractivity contribution >= 4 is 28.4 Å². The van der Waals surface area contributed by atoms with Crippen molar-refractivity contribution in [3.05, 3.63) is 84.2 Å². The van der Waals surface area contributed by atoms with Crippen LogP contribution in [-0.4, -0.2) is 26.4 Å². The number of nitrogens with zero attached hydrogens (tertiary/aromatic N) is 3. The van der Waals surface area contributed by atoms with Crippen LogP contribution >= 0.6 is 11.8 Å².